The molecule has 2 fully saturated rings. The first kappa shape index (κ1) is 27.0. The van der Waals surface area contributed by atoms with Crippen molar-refractivity contribution in [1.29, 1.82) is 0 Å². The van der Waals surface area contributed by atoms with Crippen LogP contribution in [0.3, 0.4) is 0 Å². The van der Waals surface area contributed by atoms with E-state index in [1.807, 2.05) is 32.0 Å². The van der Waals surface area contributed by atoms with Gasteiger partial charge < -0.3 is 15.1 Å². The zero-order chi connectivity index (χ0) is 26.0. The van der Waals surface area contributed by atoms with E-state index in [0.29, 0.717) is 6.42 Å². The van der Waals surface area contributed by atoms with Gasteiger partial charge in [-0.15, -0.1) is 0 Å². The molecule has 2 aromatic rings. The van der Waals surface area contributed by atoms with Crippen LogP contribution < -0.4 is 0 Å². The van der Waals surface area contributed by atoms with Crippen LogP contribution in [-0.2, 0) is 0 Å². The number of piperazine rings is 1. The Bertz CT molecular complexity index is 1130. The van der Waals surface area contributed by atoms with E-state index in [0.717, 1.165) is 61.8 Å². The van der Waals surface area contributed by atoms with Crippen LogP contribution in [0.15, 0.2) is 90.2 Å². The summed E-state index contributed by atoms with van der Waals surface area (Å²) in [6.07, 6.45) is 14.1. The monoisotopic (exact) mass is 498 g/mol. The minimum absolute atomic E-state index is 0.152. The smallest absolute Gasteiger partial charge is 0.116 e. The SMILES string of the molecule is CC.OCCC/C(=C(/C1=CC=C(N2CCN(C3CC3)CC2)C=CC1)c1cccc(O)c1)c1ccccc1. The maximum Gasteiger partial charge on any atom is 0.116 e. The maximum absolute atomic E-state index is 10.3. The maximum atomic E-state index is 10.3. The summed E-state index contributed by atoms with van der Waals surface area (Å²) in [5.74, 6) is 0.268. The van der Waals surface area contributed by atoms with Crippen molar-refractivity contribution in [3.05, 3.63) is 101 Å². The summed E-state index contributed by atoms with van der Waals surface area (Å²) in [4.78, 5) is 5.16. The lowest BCUT2D eigenvalue weighted by molar-refractivity contribution is 0.155. The van der Waals surface area contributed by atoms with E-state index < -0.39 is 0 Å². The van der Waals surface area contributed by atoms with E-state index >= 15 is 0 Å². The van der Waals surface area contributed by atoms with Crippen LogP contribution in [0.1, 0.15) is 57.1 Å². The molecule has 1 saturated heterocycles. The van der Waals surface area contributed by atoms with Crippen LogP contribution in [0.25, 0.3) is 11.1 Å². The van der Waals surface area contributed by atoms with E-state index in [-0.39, 0.29) is 12.4 Å². The largest absolute Gasteiger partial charge is 0.508 e. The lowest BCUT2D eigenvalue weighted by Gasteiger charge is -2.36. The number of rotatable bonds is 8. The molecule has 0 aromatic heterocycles. The van der Waals surface area contributed by atoms with Gasteiger partial charge in [0.15, 0.2) is 0 Å². The molecular weight excluding hydrogens is 456 g/mol. The molecule has 0 spiro atoms. The first-order valence-corrected chi connectivity index (χ1v) is 14.0. The van der Waals surface area contributed by atoms with Gasteiger partial charge in [0.1, 0.15) is 5.75 Å². The highest BCUT2D eigenvalue weighted by atomic mass is 16.3. The molecule has 196 valence electrons. The molecule has 2 aromatic carbocycles. The summed E-state index contributed by atoms with van der Waals surface area (Å²) in [5, 5.41) is 19.9. The van der Waals surface area contributed by atoms with Gasteiger partial charge in [-0.2, -0.15) is 0 Å². The molecule has 0 bridgehead atoms. The zero-order valence-electron chi connectivity index (χ0n) is 22.4. The molecule has 0 radical (unpaired) electrons. The van der Waals surface area contributed by atoms with Crippen LogP contribution in [-0.4, -0.2) is 58.8 Å². The third-order valence-electron chi connectivity index (χ3n) is 7.29. The highest BCUT2D eigenvalue weighted by Gasteiger charge is 2.31. The second-order valence-electron chi connectivity index (χ2n) is 9.74. The topological polar surface area (TPSA) is 46.9 Å². The van der Waals surface area contributed by atoms with Gasteiger partial charge in [0.2, 0.25) is 0 Å². The van der Waals surface area contributed by atoms with Crippen LogP contribution in [0, 0.1) is 0 Å². The molecule has 4 heteroatoms. The molecule has 2 aliphatic carbocycles. The molecule has 1 aliphatic heterocycles. The average molecular weight is 499 g/mol. The van der Waals surface area contributed by atoms with E-state index in [9.17, 15) is 10.2 Å². The van der Waals surface area contributed by atoms with E-state index in [4.69, 9.17) is 0 Å². The van der Waals surface area contributed by atoms with Gasteiger partial charge in [0.05, 0.1) is 0 Å². The number of phenols is 1. The van der Waals surface area contributed by atoms with Crippen molar-refractivity contribution < 1.29 is 10.2 Å². The van der Waals surface area contributed by atoms with Gasteiger partial charge in [-0.1, -0.05) is 68.5 Å². The standard InChI is InChI=1S/C31H36N2O2.C2H6/c34-22-6-13-30(24-7-2-1-3-8-24)31(26-10-5-12-29(35)23-26)25-9-4-11-27(15-14-25)32-18-20-33(21-19-32)28-16-17-28;1-2/h1-5,7-8,10-12,14-15,23,28,34-35H,6,9,13,16-22H2;1-2H3/b31-30+;. The molecule has 2 N–H and O–H groups in total. The van der Waals surface area contributed by atoms with Crippen LogP contribution in [0.5, 0.6) is 5.75 Å². The third-order valence-corrected chi connectivity index (χ3v) is 7.29. The van der Waals surface area contributed by atoms with Crippen molar-refractivity contribution in [2.24, 2.45) is 0 Å². The zero-order valence-corrected chi connectivity index (χ0v) is 22.4. The van der Waals surface area contributed by atoms with Gasteiger partial charge >= 0.3 is 0 Å². The summed E-state index contributed by atoms with van der Waals surface area (Å²) in [6.45, 7) is 8.62. The predicted octanol–water partition coefficient (Wildman–Crippen LogP) is 6.65. The van der Waals surface area contributed by atoms with Gasteiger partial charge in [-0.25, -0.2) is 0 Å². The number of benzene rings is 2. The van der Waals surface area contributed by atoms with Crippen molar-refractivity contribution in [1.82, 2.24) is 9.80 Å². The number of aromatic hydroxyl groups is 1. The normalized spacial score (nSPS) is 18.7. The molecule has 5 rings (SSSR count). The quantitative estimate of drug-likeness (QED) is 0.400. The van der Waals surface area contributed by atoms with E-state index in [2.05, 4.69) is 64.4 Å². The Kier molecular flexibility index (Phi) is 9.81. The lowest BCUT2D eigenvalue weighted by atomic mass is 9.85. The summed E-state index contributed by atoms with van der Waals surface area (Å²) in [7, 11) is 0. The van der Waals surface area contributed by atoms with E-state index in [1.54, 1.807) is 6.07 Å². The van der Waals surface area contributed by atoms with Crippen molar-refractivity contribution in [3.63, 3.8) is 0 Å². The summed E-state index contributed by atoms with van der Waals surface area (Å²) < 4.78 is 0. The fraction of sp³-hybridized carbons (Fsp3) is 0.394. The van der Waals surface area contributed by atoms with Crippen molar-refractivity contribution in [2.75, 3.05) is 32.8 Å². The molecule has 1 saturated carbocycles. The lowest BCUT2D eigenvalue weighted by Crippen LogP contribution is -2.46. The fourth-order valence-electron chi connectivity index (χ4n) is 5.32. The Balaban J connectivity index is 0.00000156. The first-order chi connectivity index (χ1) is 18.2. The van der Waals surface area contributed by atoms with Crippen molar-refractivity contribution in [3.8, 4) is 5.75 Å². The van der Waals surface area contributed by atoms with Gasteiger partial charge in [-0.05, 0) is 84.2 Å². The molecular formula is C33H42N2O2. The van der Waals surface area contributed by atoms with Crippen molar-refractivity contribution in [2.45, 2.75) is 52.0 Å². The van der Waals surface area contributed by atoms with Crippen LogP contribution in [0.2, 0.25) is 0 Å². The number of allylic oxidation sites excluding steroid dienone is 7. The molecule has 1 heterocycles. The van der Waals surface area contributed by atoms with E-state index in [1.165, 1.54) is 29.7 Å². The van der Waals surface area contributed by atoms with Crippen LogP contribution in [0.4, 0.5) is 0 Å². The minimum atomic E-state index is 0.152. The molecule has 37 heavy (non-hydrogen) atoms. The van der Waals surface area contributed by atoms with Crippen molar-refractivity contribution >= 4 is 11.1 Å². The predicted molar refractivity (Wildman–Crippen MR) is 155 cm³/mol. The number of aliphatic hydroxyl groups is 1. The minimum Gasteiger partial charge on any atom is -0.508 e. The summed E-state index contributed by atoms with van der Waals surface area (Å²) in [5.41, 5.74) is 7.05. The number of hydrogen-bond donors (Lipinski definition) is 2. The number of aliphatic hydroxyl groups excluding tert-OH is 1. The Morgan fingerprint density at radius 3 is 2.30 bits per heavy atom. The highest BCUT2D eigenvalue weighted by molar-refractivity contribution is 5.98. The van der Waals surface area contributed by atoms with Gasteiger partial charge in [0.25, 0.3) is 0 Å². The second-order valence-corrected chi connectivity index (χ2v) is 9.74. The Hall–Kier alpha value is -3.08. The second kappa shape index (κ2) is 13.5. The Labute approximate surface area is 222 Å². The third kappa shape index (κ3) is 7.03. The number of hydrogen-bond acceptors (Lipinski definition) is 4. The first-order valence-electron chi connectivity index (χ1n) is 14.0. The summed E-state index contributed by atoms with van der Waals surface area (Å²) in [6, 6.07) is 18.9. The number of nitrogens with zero attached hydrogens (tertiary/aromatic N) is 2. The molecule has 3 aliphatic rings. The Morgan fingerprint density at radius 2 is 1.62 bits per heavy atom. The fourth-order valence-corrected chi connectivity index (χ4v) is 5.32. The van der Waals surface area contributed by atoms with Crippen LogP contribution >= 0.6 is 0 Å². The highest BCUT2D eigenvalue weighted by Crippen LogP contribution is 2.38. The summed E-state index contributed by atoms with van der Waals surface area (Å²) >= 11 is 0. The molecule has 0 atom stereocenters. The molecule has 0 unspecified atom stereocenters. The van der Waals surface area contributed by atoms with Gasteiger partial charge in [0, 0.05) is 44.5 Å². The number of phenolic OH excluding ortho intramolecular Hbond substituents is 1. The molecule has 4 nitrogen and oxygen atoms in total. The molecule has 0 amide bonds. The average Bonchev–Trinajstić information content (AvgIpc) is 3.81. The Morgan fingerprint density at radius 1 is 0.892 bits per heavy atom. The van der Waals surface area contributed by atoms with Gasteiger partial charge in [-0.3, -0.25) is 4.90 Å².